The summed E-state index contributed by atoms with van der Waals surface area (Å²) in [5, 5.41) is 8.90. The van der Waals surface area contributed by atoms with Gasteiger partial charge in [-0.3, -0.25) is 0 Å². The van der Waals surface area contributed by atoms with E-state index in [1.807, 2.05) is 0 Å². The Hall–Kier alpha value is -0.120. The third kappa shape index (κ3) is 4.94. The Kier molecular flexibility index (Phi) is 5.90. The zero-order valence-corrected chi connectivity index (χ0v) is 11.8. The molecule has 3 N–H and O–H groups in total. The smallest absolute Gasteiger partial charge is 0.0431 e. The van der Waals surface area contributed by atoms with Gasteiger partial charge in [0.1, 0.15) is 0 Å². The van der Waals surface area contributed by atoms with E-state index < -0.39 is 0 Å². The average Bonchev–Trinajstić information content (AvgIpc) is 2.69. The summed E-state index contributed by atoms with van der Waals surface area (Å²) in [4.78, 5) is 2.57. The minimum atomic E-state index is 0.209. The fourth-order valence-corrected chi connectivity index (χ4v) is 2.58. The lowest BCUT2D eigenvalue weighted by Gasteiger charge is -2.31. The van der Waals surface area contributed by atoms with Crippen molar-refractivity contribution in [3.05, 3.63) is 0 Å². The van der Waals surface area contributed by atoms with Gasteiger partial charge in [0, 0.05) is 18.7 Å². The van der Waals surface area contributed by atoms with Gasteiger partial charge in [0.2, 0.25) is 0 Å². The molecule has 0 spiro atoms. The molecule has 0 amide bonds. The molecule has 1 aliphatic heterocycles. The SMILES string of the molecule is CC(C)(C)C(N)CCN1CCCC1CCCO. The van der Waals surface area contributed by atoms with Crippen LogP contribution in [-0.4, -0.2) is 41.8 Å². The van der Waals surface area contributed by atoms with Crippen LogP contribution in [0.15, 0.2) is 0 Å². The van der Waals surface area contributed by atoms with E-state index in [-0.39, 0.29) is 11.5 Å². The first kappa shape index (κ1) is 14.9. The van der Waals surface area contributed by atoms with Gasteiger partial charge in [0.05, 0.1) is 0 Å². The van der Waals surface area contributed by atoms with E-state index in [4.69, 9.17) is 10.8 Å². The average molecular weight is 242 g/mol. The van der Waals surface area contributed by atoms with Crippen molar-refractivity contribution in [1.82, 2.24) is 4.90 Å². The highest BCUT2D eigenvalue weighted by Crippen LogP contribution is 2.24. The molecule has 3 nitrogen and oxygen atoms in total. The molecule has 0 radical (unpaired) electrons. The molecule has 2 atom stereocenters. The molecular weight excluding hydrogens is 212 g/mol. The van der Waals surface area contributed by atoms with Crippen LogP contribution in [0, 0.1) is 5.41 Å². The molecule has 102 valence electrons. The minimum absolute atomic E-state index is 0.209. The van der Waals surface area contributed by atoms with Crippen LogP contribution in [0.5, 0.6) is 0 Å². The van der Waals surface area contributed by atoms with Crippen molar-refractivity contribution in [1.29, 1.82) is 0 Å². The normalized spacial score (nSPS) is 24.2. The molecule has 1 heterocycles. The number of likely N-dealkylation sites (tertiary alicyclic amines) is 1. The molecule has 17 heavy (non-hydrogen) atoms. The van der Waals surface area contributed by atoms with Crippen LogP contribution in [0.2, 0.25) is 0 Å². The Morgan fingerprint density at radius 3 is 2.71 bits per heavy atom. The lowest BCUT2D eigenvalue weighted by molar-refractivity contribution is 0.195. The second-order valence-corrected chi connectivity index (χ2v) is 6.46. The first-order chi connectivity index (χ1) is 7.95. The van der Waals surface area contributed by atoms with Crippen LogP contribution in [-0.2, 0) is 0 Å². The van der Waals surface area contributed by atoms with Crippen LogP contribution in [0.25, 0.3) is 0 Å². The third-order valence-corrected chi connectivity index (χ3v) is 4.03. The Balaban J connectivity index is 2.30. The summed E-state index contributed by atoms with van der Waals surface area (Å²) in [6, 6.07) is 0.968. The summed E-state index contributed by atoms with van der Waals surface area (Å²) in [6.45, 7) is 9.30. The van der Waals surface area contributed by atoms with E-state index in [2.05, 4.69) is 25.7 Å². The highest BCUT2D eigenvalue weighted by Gasteiger charge is 2.26. The zero-order chi connectivity index (χ0) is 12.9. The molecule has 1 saturated heterocycles. The quantitative estimate of drug-likeness (QED) is 0.749. The number of rotatable bonds is 6. The van der Waals surface area contributed by atoms with Crippen molar-refractivity contribution in [3.8, 4) is 0 Å². The molecule has 0 aromatic heterocycles. The Morgan fingerprint density at radius 2 is 2.12 bits per heavy atom. The van der Waals surface area contributed by atoms with Crippen LogP contribution < -0.4 is 5.73 Å². The maximum atomic E-state index is 8.90. The van der Waals surface area contributed by atoms with Crippen LogP contribution in [0.3, 0.4) is 0 Å². The van der Waals surface area contributed by atoms with E-state index in [1.54, 1.807) is 0 Å². The first-order valence-electron chi connectivity index (χ1n) is 7.05. The van der Waals surface area contributed by atoms with E-state index in [1.165, 1.54) is 19.4 Å². The third-order valence-electron chi connectivity index (χ3n) is 4.03. The highest BCUT2D eigenvalue weighted by molar-refractivity contribution is 4.83. The van der Waals surface area contributed by atoms with E-state index >= 15 is 0 Å². The van der Waals surface area contributed by atoms with Crippen LogP contribution >= 0.6 is 0 Å². The minimum Gasteiger partial charge on any atom is -0.396 e. The molecule has 2 unspecified atom stereocenters. The Bertz CT molecular complexity index is 213. The van der Waals surface area contributed by atoms with Crippen molar-refractivity contribution in [2.45, 2.75) is 65.0 Å². The standard InChI is InChI=1S/C14H30N2O/c1-14(2,3)13(15)8-10-16-9-4-6-12(16)7-5-11-17/h12-13,17H,4-11,15H2,1-3H3. The topological polar surface area (TPSA) is 49.5 Å². The van der Waals surface area contributed by atoms with Gasteiger partial charge >= 0.3 is 0 Å². The van der Waals surface area contributed by atoms with Gasteiger partial charge in [-0.2, -0.15) is 0 Å². The van der Waals surface area contributed by atoms with Crippen molar-refractivity contribution in [2.24, 2.45) is 11.1 Å². The summed E-state index contributed by atoms with van der Waals surface area (Å²) in [5.74, 6) is 0. The molecule has 0 bridgehead atoms. The molecule has 1 aliphatic rings. The fraction of sp³-hybridized carbons (Fsp3) is 1.00. The van der Waals surface area contributed by atoms with Gasteiger partial charge in [-0.15, -0.1) is 0 Å². The second kappa shape index (κ2) is 6.72. The predicted octanol–water partition coefficient (Wildman–Crippen LogP) is 1.99. The molecule has 3 heteroatoms. The zero-order valence-electron chi connectivity index (χ0n) is 11.8. The summed E-state index contributed by atoms with van der Waals surface area (Å²) in [7, 11) is 0. The van der Waals surface area contributed by atoms with Gasteiger partial charge in [0.25, 0.3) is 0 Å². The van der Waals surface area contributed by atoms with Gasteiger partial charge in [-0.1, -0.05) is 20.8 Å². The number of nitrogens with zero attached hydrogens (tertiary/aromatic N) is 1. The number of aliphatic hydroxyl groups excluding tert-OH is 1. The maximum absolute atomic E-state index is 8.90. The second-order valence-electron chi connectivity index (χ2n) is 6.46. The number of hydrogen-bond donors (Lipinski definition) is 2. The van der Waals surface area contributed by atoms with E-state index in [0.29, 0.717) is 12.6 Å². The number of aliphatic hydroxyl groups is 1. The highest BCUT2D eigenvalue weighted by atomic mass is 16.2. The van der Waals surface area contributed by atoms with Gasteiger partial charge in [-0.25, -0.2) is 0 Å². The monoisotopic (exact) mass is 242 g/mol. The number of nitrogens with two attached hydrogens (primary N) is 1. The largest absolute Gasteiger partial charge is 0.396 e. The summed E-state index contributed by atoms with van der Waals surface area (Å²) >= 11 is 0. The Morgan fingerprint density at radius 1 is 1.41 bits per heavy atom. The lowest BCUT2D eigenvalue weighted by atomic mass is 9.85. The lowest BCUT2D eigenvalue weighted by Crippen LogP contribution is -2.40. The van der Waals surface area contributed by atoms with Crippen molar-refractivity contribution in [3.63, 3.8) is 0 Å². The van der Waals surface area contributed by atoms with Crippen molar-refractivity contribution >= 4 is 0 Å². The maximum Gasteiger partial charge on any atom is 0.0431 e. The molecule has 0 aromatic rings. The molecule has 0 aliphatic carbocycles. The van der Waals surface area contributed by atoms with Gasteiger partial charge < -0.3 is 15.7 Å². The molecule has 1 rings (SSSR count). The molecular formula is C14H30N2O. The molecule has 0 saturated carbocycles. The molecule has 0 aromatic carbocycles. The fourth-order valence-electron chi connectivity index (χ4n) is 2.58. The Labute approximate surface area is 106 Å². The first-order valence-corrected chi connectivity index (χ1v) is 7.05. The van der Waals surface area contributed by atoms with Crippen LogP contribution in [0.1, 0.15) is 52.9 Å². The summed E-state index contributed by atoms with van der Waals surface area (Å²) < 4.78 is 0. The van der Waals surface area contributed by atoms with Gasteiger partial charge in [-0.05, 0) is 50.6 Å². The van der Waals surface area contributed by atoms with Crippen molar-refractivity contribution < 1.29 is 5.11 Å². The molecule has 1 fully saturated rings. The predicted molar refractivity (Wildman–Crippen MR) is 73.0 cm³/mol. The van der Waals surface area contributed by atoms with Gasteiger partial charge in [0.15, 0.2) is 0 Å². The number of hydrogen-bond acceptors (Lipinski definition) is 3. The van der Waals surface area contributed by atoms with E-state index in [0.717, 1.165) is 25.8 Å². The summed E-state index contributed by atoms with van der Waals surface area (Å²) in [5.41, 5.74) is 6.42. The van der Waals surface area contributed by atoms with E-state index in [9.17, 15) is 0 Å². The van der Waals surface area contributed by atoms with Crippen molar-refractivity contribution in [2.75, 3.05) is 19.7 Å². The summed E-state index contributed by atoms with van der Waals surface area (Å²) in [6.07, 6.45) is 5.76. The van der Waals surface area contributed by atoms with Crippen LogP contribution in [0.4, 0.5) is 0 Å².